The molecule has 1 N–H and O–H groups in total. The van der Waals surface area contributed by atoms with E-state index >= 15 is 0 Å². The number of anilines is 1. The Morgan fingerprint density at radius 1 is 1.60 bits per heavy atom. The number of hydrogen-bond donors (Lipinski definition) is 1. The Kier molecular flexibility index (Phi) is 4.61. The van der Waals surface area contributed by atoms with Crippen LogP contribution in [0.5, 0.6) is 0 Å². The predicted molar refractivity (Wildman–Crippen MR) is 67.5 cm³/mol. The van der Waals surface area contributed by atoms with Gasteiger partial charge in [0.05, 0.1) is 0 Å². The summed E-state index contributed by atoms with van der Waals surface area (Å²) in [4.78, 5) is 11.4. The van der Waals surface area contributed by atoms with Gasteiger partial charge in [-0.2, -0.15) is 0 Å². The molecule has 1 amide bonds. The molecular weight excluding hydrogens is 277 g/mol. The minimum Gasteiger partial charge on any atom is -0.325 e. The first-order valence-corrected chi connectivity index (χ1v) is 6.01. The fourth-order valence-electron chi connectivity index (χ4n) is 1.21. The van der Waals surface area contributed by atoms with Crippen LogP contribution in [0.25, 0.3) is 0 Å². The number of aryl methyl sites for hydroxylation is 1. The van der Waals surface area contributed by atoms with Crippen molar-refractivity contribution < 1.29 is 4.79 Å². The Morgan fingerprint density at radius 3 is 2.80 bits per heavy atom. The van der Waals surface area contributed by atoms with Crippen LogP contribution in [0.1, 0.15) is 19.4 Å². The molecule has 0 aliphatic carbocycles. The van der Waals surface area contributed by atoms with Gasteiger partial charge >= 0.3 is 0 Å². The lowest BCUT2D eigenvalue weighted by atomic mass is 10.1. The summed E-state index contributed by atoms with van der Waals surface area (Å²) in [5, 5.41) is 2.28. The second-order valence-corrected chi connectivity index (χ2v) is 4.83. The average Bonchev–Trinajstić information content (AvgIpc) is 2.20. The van der Waals surface area contributed by atoms with Gasteiger partial charge in [0.25, 0.3) is 0 Å². The molecule has 0 aliphatic heterocycles. The normalized spacial score (nSPS) is 12.3. The molecule has 0 saturated carbocycles. The Hall–Kier alpha value is -0.540. The third-order valence-electron chi connectivity index (χ3n) is 2.07. The SMILES string of the molecule is CCc1cc(Br)ccc1NC(=O)C(C)Cl. The minimum atomic E-state index is -0.515. The van der Waals surface area contributed by atoms with E-state index in [2.05, 4.69) is 21.2 Å². The number of amides is 1. The van der Waals surface area contributed by atoms with Crippen molar-refractivity contribution in [3.63, 3.8) is 0 Å². The van der Waals surface area contributed by atoms with Crippen molar-refractivity contribution in [3.8, 4) is 0 Å². The van der Waals surface area contributed by atoms with Crippen LogP contribution in [0.3, 0.4) is 0 Å². The maximum Gasteiger partial charge on any atom is 0.242 e. The molecule has 1 aromatic rings. The summed E-state index contributed by atoms with van der Waals surface area (Å²) in [6.07, 6.45) is 0.867. The number of benzene rings is 1. The smallest absolute Gasteiger partial charge is 0.242 e. The first-order chi connectivity index (χ1) is 7.04. The van der Waals surface area contributed by atoms with Crippen LogP contribution in [0.2, 0.25) is 0 Å². The number of hydrogen-bond acceptors (Lipinski definition) is 1. The quantitative estimate of drug-likeness (QED) is 0.847. The maximum absolute atomic E-state index is 11.4. The highest BCUT2D eigenvalue weighted by atomic mass is 79.9. The van der Waals surface area contributed by atoms with Crippen molar-refractivity contribution in [2.45, 2.75) is 25.6 Å². The topological polar surface area (TPSA) is 29.1 Å². The Balaban J connectivity index is 2.89. The second kappa shape index (κ2) is 5.52. The highest BCUT2D eigenvalue weighted by Crippen LogP contribution is 2.21. The lowest BCUT2D eigenvalue weighted by Gasteiger charge is -2.11. The van der Waals surface area contributed by atoms with Gasteiger partial charge in [0.1, 0.15) is 5.38 Å². The first-order valence-electron chi connectivity index (χ1n) is 4.78. The molecule has 15 heavy (non-hydrogen) atoms. The van der Waals surface area contributed by atoms with E-state index in [1.54, 1.807) is 6.92 Å². The van der Waals surface area contributed by atoms with Gasteiger partial charge in [-0.3, -0.25) is 4.79 Å². The first kappa shape index (κ1) is 12.5. The van der Waals surface area contributed by atoms with Crippen LogP contribution in [-0.4, -0.2) is 11.3 Å². The third kappa shape index (κ3) is 3.50. The van der Waals surface area contributed by atoms with Gasteiger partial charge in [-0.05, 0) is 37.1 Å². The molecular formula is C11H13BrClNO. The van der Waals surface area contributed by atoms with E-state index in [4.69, 9.17) is 11.6 Å². The van der Waals surface area contributed by atoms with Gasteiger partial charge in [0.15, 0.2) is 0 Å². The van der Waals surface area contributed by atoms with Crippen molar-refractivity contribution in [3.05, 3.63) is 28.2 Å². The van der Waals surface area contributed by atoms with Crippen LogP contribution >= 0.6 is 27.5 Å². The molecule has 1 rings (SSSR count). The lowest BCUT2D eigenvalue weighted by molar-refractivity contribution is -0.115. The number of carbonyl (C=O) groups is 1. The van der Waals surface area contributed by atoms with Gasteiger partial charge in [-0.1, -0.05) is 22.9 Å². The van der Waals surface area contributed by atoms with Gasteiger partial charge in [-0.25, -0.2) is 0 Å². The third-order valence-corrected chi connectivity index (χ3v) is 2.76. The fraction of sp³-hybridized carbons (Fsp3) is 0.364. The molecule has 0 aromatic heterocycles. The van der Waals surface area contributed by atoms with Gasteiger partial charge in [-0.15, -0.1) is 11.6 Å². The molecule has 4 heteroatoms. The molecule has 0 fully saturated rings. The number of rotatable bonds is 3. The fourth-order valence-corrected chi connectivity index (χ4v) is 1.67. The van der Waals surface area contributed by atoms with E-state index in [9.17, 15) is 4.79 Å². The van der Waals surface area contributed by atoms with E-state index in [1.807, 2.05) is 25.1 Å². The number of carbonyl (C=O) groups excluding carboxylic acids is 1. The molecule has 1 aromatic carbocycles. The molecule has 0 saturated heterocycles. The number of alkyl halides is 1. The van der Waals surface area contributed by atoms with Crippen LogP contribution in [-0.2, 0) is 11.2 Å². The largest absolute Gasteiger partial charge is 0.325 e. The van der Waals surface area contributed by atoms with Crippen LogP contribution in [0.15, 0.2) is 22.7 Å². The summed E-state index contributed by atoms with van der Waals surface area (Å²) in [7, 11) is 0. The van der Waals surface area contributed by atoms with Crippen molar-refractivity contribution in [1.82, 2.24) is 0 Å². The lowest BCUT2D eigenvalue weighted by Crippen LogP contribution is -2.21. The summed E-state index contributed by atoms with van der Waals surface area (Å²) in [6.45, 7) is 3.70. The molecule has 0 aliphatic rings. The van der Waals surface area contributed by atoms with Gasteiger partial charge in [0.2, 0.25) is 5.91 Å². The zero-order valence-corrected chi connectivity index (χ0v) is 11.0. The highest BCUT2D eigenvalue weighted by Gasteiger charge is 2.11. The second-order valence-electron chi connectivity index (χ2n) is 3.26. The van der Waals surface area contributed by atoms with Crippen molar-refractivity contribution >= 4 is 39.1 Å². The maximum atomic E-state index is 11.4. The summed E-state index contributed by atoms with van der Waals surface area (Å²) >= 11 is 9.08. The Bertz CT molecular complexity index is 366. The zero-order valence-electron chi connectivity index (χ0n) is 8.68. The molecule has 1 unspecified atom stereocenters. The minimum absolute atomic E-state index is 0.173. The zero-order chi connectivity index (χ0) is 11.4. The monoisotopic (exact) mass is 289 g/mol. The molecule has 0 heterocycles. The van der Waals surface area contributed by atoms with E-state index < -0.39 is 5.38 Å². The molecule has 0 radical (unpaired) electrons. The van der Waals surface area contributed by atoms with Gasteiger partial charge in [0, 0.05) is 10.2 Å². The summed E-state index contributed by atoms with van der Waals surface area (Å²) < 4.78 is 1.01. The van der Waals surface area contributed by atoms with Crippen molar-refractivity contribution in [2.24, 2.45) is 0 Å². The van der Waals surface area contributed by atoms with Crippen LogP contribution in [0.4, 0.5) is 5.69 Å². The summed E-state index contributed by atoms with van der Waals surface area (Å²) in [5.41, 5.74) is 1.92. The van der Waals surface area contributed by atoms with Crippen LogP contribution < -0.4 is 5.32 Å². The Morgan fingerprint density at radius 2 is 2.27 bits per heavy atom. The molecule has 0 spiro atoms. The average molecular weight is 291 g/mol. The van der Waals surface area contributed by atoms with E-state index in [0.29, 0.717) is 0 Å². The summed E-state index contributed by atoms with van der Waals surface area (Å²) in [5.74, 6) is -0.173. The van der Waals surface area contributed by atoms with Crippen LogP contribution in [0, 0.1) is 0 Å². The van der Waals surface area contributed by atoms with E-state index in [-0.39, 0.29) is 5.91 Å². The number of halogens is 2. The Labute approximate surface area is 103 Å². The molecule has 2 nitrogen and oxygen atoms in total. The molecule has 0 bridgehead atoms. The van der Waals surface area contributed by atoms with Crippen molar-refractivity contribution in [2.75, 3.05) is 5.32 Å². The predicted octanol–water partition coefficient (Wildman–Crippen LogP) is 3.58. The standard InChI is InChI=1S/C11H13BrClNO/c1-3-8-6-9(12)4-5-10(8)14-11(15)7(2)13/h4-7H,3H2,1-2H3,(H,14,15). The van der Waals surface area contributed by atoms with Crippen molar-refractivity contribution in [1.29, 1.82) is 0 Å². The van der Waals surface area contributed by atoms with E-state index in [0.717, 1.165) is 22.1 Å². The molecule has 82 valence electrons. The number of nitrogens with one attached hydrogen (secondary N) is 1. The highest BCUT2D eigenvalue weighted by molar-refractivity contribution is 9.10. The van der Waals surface area contributed by atoms with Gasteiger partial charge < -0.3 is 5.32 Å². The summed E-state index contributed by atoms with van der Waals surface area (Å²) in [6, 6.07) is 5.77. The van der Waals surface area contributed by atoms with E-state index in [1.165, 1.54) is 0 Å². The molecule has 1 atom stereocenters.